The fourth-order valence-corrected chi connectivity index (χ4v) is 5.05. The zero-order chi connectivity index (χ0) is 20.3. The summed E-state index contributed by atoms with van der Waals surface area (Å²) >= 11 is 1.62. The maximum absolute atomic E-state index is 5.64. The maximum atomic E-state index is 5.64. The molecule has 1 heterocycles. The Bertz CT molecular complexity index is 924. The highest BCUT2D eigenvalue weighted by Gasteiger charge is 2.30. The second-order valence-electron chi connectivity index (χ2n) is 8.28. The fourth-order valence-electron chi connectivity index (χ4n) is 4.17. The second kappa shape index (κ2) is 8.52. The van der Waals surface area contributed by atoms with Crippen molar-refractivity contribution in [3.05, 3.63) is 28.4 Å². The molecule has 0 saturated heterocycles. The first-order chi connectivity index (χ1) is 13.4. The number of rotatable bonds is 5. The number of aromatic nitrogens is 1. The lowest BCUT2D eigenvalue weighted by molar-refractivity contribution is 0.265. The Morgan fingerprint density at radius 3 is 2.68 bits per heavy atom. The topological polar surface area (TPSA) is 48.1 Å². The van der Waals surface area contributed by atoms with Crippen LogP contribution < -0.4 is 14.3 Å². The molecule has 152 valence electrons. The van der Waals surface area contributed by atoms with Crippen molar-refractivity contribution >= 4 is 17.0 Å². The van der Waals surface area contributed by atoms with Gasteiger partial charge in [-0.1, -0.05) is 20.8 Å². The van der Waals surface area contributed by atoms with E-state index in [0.29, 0.717) is 5.92 Å². The number of methoxy groups -OCH3 is 2. The van der Waals surface area contributed by atoms with Gasteiger partial charge in [0.2, 0.25) is 4.80 Å². The van der Waals surface area contributed by atoms with Crippen LogP contribution in [0.25, 0.3) is 11.3 Å². The normalized spacial score (nSPS) is 21.1. The third-order valence-electron chi connectivity index (χ3n) is 5.07. The van der Waals surface area contributed by atoms with Gasteiger partial charge in [-0.05, 0) is 49.7 Å². The molecule has 5 nitrogen and oxygen atoms in total. The highest BCUT2D eigenvalue weighted by atomic mass is 32.1. The molecule has 1 atom stereocenters. The predicted molar refractivity (Wildman–Crippen MR) is 117 cm³/mol. The van der Waals surface area contributed by atoms with Crippen LogP contribution in [0.3, 0.4) is 0 Å². The van der Waals surface area contributed by atoms with Crippen molar-refractivity contribution in [1.29, 1.82) is 0 Å². The van der Waals surface area contributed by atoms with Crippen molar-refractivity contribution in [2.45, 2.75) is 47.0 Å². The molecule has 0 N–H and O–H groups in total. The highest BCUT2D eigenvalue weighted by molar-refractivity contribution is 7.07. The first-order valence-corrected chi connectivity index (χ1v) is 10.7. The number of nitrogens with zero attached hydrogens (tertiary/aromatic N) is 3. The zero-order valence-electron chi connectivity index (χ0n) is 17.8. The van der Waals surface area contributed by atoms with E-state index in [2.05, 4.69) is 38.1 Å². The molecule has 1 aromatic carbocycles. The Morgan fingerprint density at radius 1 is 1.25 bits per heavy atom. The van der Waals surface area contributed by atoms with Crippen molar-refractivity contribution in [1.82, 2.24) is 4.68 Å². The number of hydrogen-bond acceptors (Lipinski definition) is 5. The van der Waals surface area contributed by atoms with Gasteiger partial charge in [0.1, 0.15) is 11.5 Å². The van der Waals surface area contributed by atoms with Crippen LogP contribution in [0.5, 0.6) is 11.5 Å². The van der Waals surface area contributed by atoms with Crippen molar-refractivity contribution in [3.8, 4) is 22.8 Å². The molecule has 3 rings (SSSR count). The molecule has 1 unspecified atom stereocenters. The van der Waals surface area contributed by atoms with E-state index < -0.39 is 0 Å². The number of thiazole rings is 1. The van der Waals surface area contributed by atoms with Crippen molar-refractivity contribution in [2.75, 3.05) is 20.8 Å². The van der Waals surface area contributed by atoms with E-state index >= 15 is 0 Å². The van der Waals surface area contributed by atoms with Gasteiger partial charge in [-0.25, -0.2) is 4.68 Å². The first-order valence-electron chi connectivity index (χ1n) is 9.87. The van der Waals surface area contributed by atoms with Crippen molar-refractivity contribution in [2.24, 2.45) is 21.4 Å². The summed E-state index contributed by atoms with van der Waals surface area (Å²) in [6.45, 7) is 9.77. The van der Waals surface area contributed by atoms with Gasteiger partial charge in [-0.2, -0.15) is 5.10 Å². The van der Waals surface area contributed by atoms with E-state index in [0.717, 1.165) is 46.9 Å². The summed E-state index contributed by atoms with van der Waals surface area (Å²) in [5.74, 6) is 2.19. The summed E-state index contributed by atoms with van der Waals surface area (Å²) in [7, 11) is 3.35. The van der Waals surface area contributed by atoms with Gasteiger partial charge >= 0.3 is 0 Å². The van der Waals surface area contributed by atoms with Gasteiger partial charge in [0, 0.05) is 29.3 Å². The third kappa shape index (κ3) is 4.49. The third-order valence-corrected chi connectivity index (χ3v) is 5.93. The molecule has 0 spiro atoms. The van der Waals surface area contributed by atoms with E-state index in [1.807, 2.05) is 22.9 Å². The SMILES string of the molecule is CCN=c1scc(-c2ccc(OC)cc2OC)n1N=C1CC(C)CC(C)(C)C1. The molecule has 0 amide bonds. The van der Waals surface area contributed by atoms with Gasteiger partial charge in [0.25, 0.3) is 0 Å². The first kappa shape index (κ1) is 20.6. The average Bonchev–Trinajstić information content (AvgIpc) is 3.02. The standard InChI is InChI=1S/C22H31N3O2S/c1-7-23-21-25(24-16-10-15(2)12-22(3,4)13-16)19(14-28-21)18-9-8-17(26-5)11-20(18)27-6/h8-9,11,14-15H,7,10,12-13H2,1-6H3. The molecule has 0 aliphatic heterocycles. The molecule has 1 fully saturated rings. The summed E-state index contributed by atoms with van der Waals surface area (Å²) in [6, 6.07) is 5.89. The molecular formula is C22H31N3O2S. The Hall–Kier alpha value is -2.08. The van der Waals surface area contributed by atoms with E-state index in [1.54, 1.807) is 25.6 Å². The fraction of sp³-hybridized carbons (Fsp3) is 0.545. The van der Waals surface area contributed by atoms with Crippen molar-refractivity contribution in [3.63, 3.8) is 0 Å². The molecule has 1 aromatic heterocycles. The molecule has 1 aliphatic carbocycles. The molecule has 1 aliphatic rings. The molecule has 2 aromatic rings. The van der Waals surface area contributed by atoms with Crippen LogP contribution in [0.15, 0.2) is 33.7 Å². The molecule has 0 radical (unpaired) electrons. The summed E-state index contributed by atoms with van der Waals surface area (Å²) in [5.41, 5.74) is 3.52. The smallest absolute Gasteiger partial charge is 0.206 e. The Kier molecular flexibility index (Phi) is 6.28. The molecular weight excluding hydrogens is 370 g/mol. The average molecular weight is 402 g/mol. The van der Waals surface area contributed by atoms with E-state index in [1.165, 1.54) is 12.1 Å². The molecule has 1 saturated carbocycles. The van der Waals surface area contributed by atoms with E-state index in [4.69, 9.17) is 14.6 Å². The molecule has 0 bridgehead atoms. The Morgan fingerprint density at radius 2 is 2.04 bits per heavy atom. The van der Waals surface area contributed by atoms with Crippen LogP contribution in [-0.4, -0.2) is 31.2 Å². The number of hydrogen-bond donors (Lipinski definition) is 0. The minimum absolute atomic E-state index is 0.285. The Balaban J connectivity index is 2.13. The van der Waals surface area contributed by atoms with Crippen LogP contribution in [0, 0.1) is 11.3 Å². The zero-order valence-corrected chi connectivity index (χ0v) is 18.6. The lowest BCUT2D eigenvalue weighted by Crippen LogP contribution is -2.29. The maximum Gasteiger partial charge on any atom is 0.206 e. The van der Waals surface area contributed by atoms with Gasteiger partial charge in [0.15, 0.2) is 0 Å². The van der Waals surface area contributed by atoms with Crippen LogP contribution in [0.4, 0.5) is 0 Å². The minimum atomic E-state index is 0.285. The van der Waals surface area contributed by atoms with E-state index in [9.17, 15) is 0 Å². The van der Waals surface area contributed by atoms with Gasteiger partial charge in [0.05, 0.1) is 19.9 Å². The lowest BCUT2D eigenvalue weighted by Gasteiger charge is -2.34. The summed E-state index contributed by atoms with van der Waals surface area (Å²) in [5, 5.41) is 7.21. The monoisotopic (exact) mass is 401 g/mol. The van der Waals surface area contributed by atoms with Gasteiger partial charge in [-0.15, -0.1) is 11.3 Å². The minimum Gasteiger partial charge on any atom is -0.497 e. The van der Waals surface area contributed by atoms with Crippen LogP contribution >= 0.6 is 11.3 Å². The summed E-state index contributed by atoms with van der Waals surface area (Å²) in [4.78, 5) is 5.59. The summed E-state index contributed by atoms with van der Waals surface area (Å²) in [6.07, 6.45) is 3.30. The van der Waals surface area contributed by atoms with Crippen molar-refractivity contribution < 1.29 is 9.47 Å². The molecule has 6 heteroatoms. The van der Waals surface area contributed by atoms with Crippen LogP contribution in [-0.2, 0) is 0 Å². The quantitative estimate of drug-likeness (QED) is 0.691. The van der Waals surface area contributed by atoms with Crippen LogP contribution in [0.2, 0.25) is 0 Å². The van der Waals surface area contributed by atoms with E-state index in [-0.39, 0.29) is 5.41 Å². The van der Waals surface area contributed by atoms with Gasteiger partial charge < -0.3 is 9.47 Å². The van der Waals surface area contributed by atoms with Crippen LogP contribution in [0.1, 0.15) is 47.0 Å². The highest BCUT2D eigenvalue weighted by Crippen LogP contribution is 2.38. The molecule has 28 heavy (non-hydrogen) atoms. The second-order valence-corrected chi connectivity index (χ2v) is 9.11. The largest absolute Gasteiger partial charge is 0.497 e. The number of ether oxygens (including phenoxy) is 2. The van der Waals surface area contributed by atoms with Gasteiger partial charge in [-0.3, -0.25) is 4.99 Å². The summed E-state index contributed by atoms with van der Waals surface area (Å²) < 4.78 is 13.0. The number of benzene rings is 1. The lowest BCUT2D eigenvalue weighted by atomic mass is 9.72. The predicted octanol–water partition coefficient (Wildman–Crippen LogP) is 5.20. The Labute approximate surface area is 171 Å².